The highest BCUT2D eigenvalue weighted by molar-refractivity contribution is 5.80. The molecule has 3 N–H and O–H groups in total. The van der Waals surface area contributed by atoms with Crippen LogP contribution in [0.25, 0.3) is 0 Å². The molecule has 0 saturated carbocycles. The van der Waals surface area contributed by atoms with Crippen molar-refractivity contribution in [1.82, 2.24) is 5.32 Å². The van der Waals surface area contributed by atoms with E-state index in [2.05, 4.69) is 10.6 Å². The Morgan fingerprint density at radius 3 is 2.27 bits per heavy atom. The molecule has 2 aromatic carbocycles. The first-order valence-corrected chi connectivity index (χ1v) is 7.46. The first-order chi connectivity index (χ1) is 10.6. The largest absolute Gasteiger partial charge is 0.388 e. The van der Waals surface area contributed by atoms with Gasteiger partial charge in [0, 0.05) is 11.7 Å². The second-order valence-electron chi connectivity index (χ2n) is 5.35. The zero-order valence-electron chi connectivity index (χ0n) is 12.7. The molecule has 116 valence electrons. The van der Waals surface area contributed by atoms with Crippen LogP contribution in [0, 0.1) is 0 Å². The Balaban J connectivity index is 1.74. The van der Waals surface area contributed by atoms with Gasteiger partial charge in [-0.2, -0.15) is 0 Å². The van der Waals surface area contributed by atoms with Gasteiger partial charge in [-0.15, -0.1) is 0 Å². The van der Waals surface area contributed by atoms with E-state index in [-0.39, 0.29) is 18.5 Å². The van der Waals surface area contributed by atoms with Gasteiger partial charge in [0.1, 0.15) is 0 Å². The summed E-state index contributed by atoms with van der Waals surface area (Å²) in [7, 11) is 0. The van der Waals surface area contributed by atoms with Crippen LogP contribution in [0.5, 0.6) is 0 Å². The SMILES string of the molecule is CC(CC(O)c1ccccc1)NC(=O)CNc1ccccc1. The molecular weight excluding hydrogens is 276 g/mol. The van der Waals surface area contributed by atoms with E-state index in [4.69, 9.17) is 0 Å². The van der Waals surface area contributed by atoms with Crippen molar-refractivity contribution in [3.63, 3.8) is 0 Å². The third kappa shape index (κ3) is 5.22. The smallest absolute Gasteiger partial charge is 0.239 e. The standard InChI is InChI=1S/C18H22N2O2/c1-14(12-17(21)15-8-4-2-5-9-15)20-18(22)13-19-16-10-6-3-7-11-16/h2-11,14,17,19,21H,12-13H2,1H3,(H,20,22). The maximum absolute atomic E-state index is 11.9. The Kier molecular flexibility index (Phi) is 5.98. The van der Waals surface area contributed by atoms with E-state index in [1.807, 2.05) is 67.6 Å². The molecule has 0 fully saturated rings. The molecule has 0 aliphatic heterocycles. The van der Waals surface area contributed by atoms with Crippen LogP contribution in [0.1, 0.15) is 25.0 Å². The van der Waals surface area contributed by atoms with Gasteiger partial charge in [0.15, 0.2) is 0 Å². The number of aliphatic hydroxyl groups is 1. The number of carbonyl (C=O) groups excluding carboxylic acids is 1. The highest BCUT2D eigenvalue weighted by Gasteiger charge is 2.14. The van der Waals surface area contributed by atoms with Gasteiger partial charge in [0.2, 0.25) is 5.91 Å². The number of benzene rings is 2. The van der Waals surface area contributed by atoms with Crippen molar-refractivity contribution in [1.29, 1.82) is 0 Å². The van der Waals surface area contributed by atoms with Crippen molar-refractivity contribution in [3.8, 4) is 0 Å². The van der Waals surface area contributed by atoms with Crippen molar-refractivity contribution in [2.75, 3.05) is 11.9 Å². The summed E-state index contributed by atoms with van der Waals surface area (Å²) < 4.78 is 0. The van der Waals surface area contributed by atoms with Crippen LogP contribution in [0.3, 0.4) is 0 Å². The normalized spacial score (nSPS) is 13.2. The Labute approximate surface area is 131 Å². The summed E-state index contributed by atoms with van der Waals surface area (Å²) in [5.74, 6) is -0.0865. The van der Waals surface area contributed by atoms with Gasteiger partial charge in [0.05, 0.1) is 12.6 Å². The Morgan fingerprint density at radius 2 is 1.64 bits per heavy atom. The van der Waals surface area contributed by atoms with Crippen molar-refractivity contribution in [2.45, 2.75) is 25.5 Å². The number of rotatable bonds is 7. The molecule has 4 nitrogen and oxygen atoms in total. The third-order valence-electron chi connectivity index (χ3n) is 3.40. The first-order valence-electron chi connectivity index (χ1n) is 7.46. The van der Waals surface area contributed by atoms with E-state index in [1.165, 1.54) is 0 Å². The molecule has 0 aliphatic carbocycles. The van der Waals surface area contributed by atoms with Crippen molar-refractivity contribution >= 4 is 11.6 Å². The van der Waals surface area contributed by atoms with Crippen LogP contribution in [-0.4, -0.2) is 23.6 Å². The van der Waals surface area contributed by atoms with Gasteiger partial charge in [0.25, 0.3) is 0 Å². The highest BCUT2D eigenvalue weighted by atomic mass is 16.3. The average Bonchev–Trinajstić information content (AvgIpc) is 2.54. The molecule has 0 bridgehead atoms. The predicted octanol–water partition coefficient (Wildman–Crippen LogP) is 2.73. The summed E-state index contributed by atoms with van der Waals surface area (Å²) >= 11 is 0. The number of amides is 1. The topological polar surface area (TPSA) is 61.4 Å². The van der Waals surface area contributed by atoms with Crippen molar-refractivity contribution in [3.05, 3.63) is 66.2 Å². The summed E-state index contributed by atoms with van der Waals surface area (Å²) in [5.41, 5.74) is 1.78. The van der Waals surface area contributed by atoms with Gasteiger partial charge in [-0.25, -0.2) is 0 Å². The number of para-hydroxylation sites is 1. The molecule has 0 aromatic heterocycles. The molecule has 0 spiro atoms. The molecule has 0 aliphatic rings. The second kappa shape index (κ2) is 8.20. The van der Waals surface area contributed by atoms with Crippen LogP contribution < -0.4 is 10.6 Å². The fraction of sp³-hybridized carbons (Fsp3) is 0.278. The number of hydrogen-bond donors (Lipinski definition) is 3. The minimum atomic E-state index is -0.571. The lowest BCUT2D eigenvalue weighted by Gasteiger charge is -2.18. The molecule has 22 heavy (non-hydrogen) atoms. The third-order valence-corrected chi connectivity index (χ3v) is 3.40. The van der Waals surface area contributed by atoms with E-state index in [0.29, 0.717) is 6.42 Å². The molecule has 2 aromatic rings. The average molecular weight is 298 g/mol. The fourth-order valence-electron chi connectivity index (χ4n) is 2.27. The monoisotopic (exact) mass is 298 g/mol. The maximum Gasteiger partial charge on any atom is 0.239 e. The highest BCUT2D eigenvalue weighted by Crippen LogP contribution is 2.17. The number of anilines is 1. The van der Waals surface area contributed by atoms with E-state index in [1.54, 1.807) is 0 Å². The zero-order chi connectivity index (χ0) is 15.8. The van der Waals surface area contributed by atoms with E-state index >= 15 is 0 Å². The second-order valence-corrected chi connectivity index (χ2v) is 5.35. The quantitative estimate of drug-likeness (QED) is 0.736. The minimum Gasteiger partial charge on any atom is -0.388 e. The number of carbonyl (C=O) groups is 1. The van der Waals surface area contributed by atoms with Gasteiger partial charge < -0.3 is 15.7 Å². The molecule has 2 rings (SSSR count). The first kappa shape index (κ1) is 16.0. The molecule has 0 saturated heterocycles. The predicted molar refractivity (Wildman–Crippen MR) is 88.6 cm³/mol. The Hall–Kier alpha value is -2.33. The van der Waals surface area contributed by atoms with Crippen LogP contribution in [-0.2, 0) is 4.79 Å². The van der Waals surface area contributed by atoms with Crippen molar-refractivity contribution in [2.24, 2.45) is 0 Å². The summed E-state index contributed by atoms with van der Waals surface area (Å²) in [6.07, 6.45) is -0.0836. The van der Waals surface area contributed by atoms with Crippen molar-refractivity contribution < 1.29 is 9.90 Å². The van der Waals surface area contributed by atoms with Gasteiger partial charge in [-0.1, -0.05) is 48.5 Å². The lowest BCUT2D eigenvalue weighted by molar-refractivity contribution is -0.120. The zero-order valence-corrected chi connectivity index (χ0v) is 12.7. The summed E-state index contributed by atoms with van der Waals surface area (Å²) in [4.78, 5) is 11.9. The molecule has 2 atom stereocenters. The Bertz CT molecular complexity index is 572. The number of nitrogens with one attached hydrogen (secondary N) is 2. The van der Waals surface area contributed by atoms with Crippen LogP contribution in [0.4, 0.5) is 5.69 Å². The van der Waals surface area contributed by atoms with Gasteiger partial charge in [-0.3, -0.25) is 4.79 Å². The van der Waals surface area contributed by atoms with E-state index < -0.39 is 6.10 Å². The summed E-state index contributed by atoms with van der Waals surface area (Å²) in [6, 6.07) is 19.0. The molecule has 0 radical (unpaired) electrons. The van der Waals surface area contributed by atoms with E-state index in [9.17, 15) is 9.90 Å². The molecule has 0 heterocycles. The van der Waals surface area contributed by atoms with Crippen LogP contribution in [0.15, 0.2) is 60.7 Å². The van der Waals surface area contributed by atoms with Crippen LogP contribution >= 0.6 is 0 Å². The number of aliphatic hydroxyl groups excluding tert-OH is 1. The van der Waals surface area contributed by atoms with Crippen LogP contribution in [0.2, 0.25) is 0 Å². The molecule has 1 amide bonds. The lowest BCUT2D eigenvalue weighted by Crippen LogP contribution is -2.37. The summed E-state index contributed by atoms with van der Waals surface area (Å²) in [5, 5.41) is 16.1. The molecular formula is C18H22N2O2. The minimum absolute atomic E-state index is 0.0865. The lowest BCUT2D eigenvalue weighted by atomic mass is 10.0. The van der Waals surface area contributed by atoms with E-state index in [0.717, 1.165) is 11.3 Å². The molecule has 2 unspecified atom stereocenters. The Morgan fingerprint density at radius 1 is 1.05 bits per heavy atom. The summed E-state index contributed by atoms with van der Waals surface area (Å²) in [6.45, 7) is 2.11. The number of hydrogen-bond acceptors (Lipinski definition) is 3. The maximum atomic E-state index is 11.9. The molecule has 4 heteroatoms. The van der Waals surface area contributed by atoms with Gasteiger partial charge >= 0.3 is 0 Å². The fourth-order valence-corrected chi connectivity index (χ4v) is 2.27. The van der Waals surface area contributed by atoms with Gasteiger partial charge in [-0.05, 0) is 31.0 Å².